The number of nitrogens with zero attached hydrogens (tertiary/aromatic N) is 6. The lowest BCUT2D eigenvalue weighted by Crippen LogP contribution is -2.51. The quantitative estimate of drug-likeness (QED) is 0.228. The smallest absolute Gasteiger partial charge is 0.407 e. The molecular formula is C32H42N8O5. The van der Waals surface area contributed by atoms with Crippen molar-refractivity contribution < 1.29 is 23.9 Å². The van der Waals surface area contributed by atoms with Crippen molar-refractivity contribution >= 4 is 35.4 Å². The van der Waals surface area contributed by atoms with E-state index in [0.29, 0.717) is 38.7 Å². The van der Waals surface area contributed by atoms with Crippen molar-refractivity contribution in [3.05, 3.63) is 60.4 Å². The zero-order valence-corrected chi connectivity index (χ0v) is 26.6. The second-order valence-corrected chi connectivity index (χ2v) is 11.8. The summed E-state index contributed by atoms with van der Waals surface area (Å²) in [6, 6.07) is 13.6. The summed E-state index contributed by atoms with van der Waals surface area (Å²) in [6.07, 6.45) is 3.81. The first-order valence-corrected chi connectivity index (χ1v) is 14.9. The van der Waals surface area contributed by atoms with Crippen LogP contribution in [0, 0.1) is 0 Å². The molecule has 0 radical (unpaired) electrons. The number of carbonyl (C=O) groups excluding carboxylic acids is 3. The van der Waals surface area contributed by atoms with Gasteiger partial charge in [0.05, 0.1) is 19.3 Å². The normalized spacial score (nSPS) is 13.7. The van der Waals surface area contributed by atoms with E-state index in [9.17, 15) is 14.4 Å². The molecule has 2 N–H and O–H groups in total. The van der Waals surface area contributed by atoms with Crippen molar-refractivity contribution in [1.82, 2.24) is 30.1 Å². The Morgan fingerprint density at radius 3 is 2.62 bits per heavy atom. The fourth-order valence-corrected chi connectivity index (χ4v) is 4.69. The van der Waals surface area contributed by atoms with Gasteiger partial charge in [0.15, 0.2) is 0 Å². The van der Waals surface area contributed by atoms with Crippen LogP contribution in [-0.2, 0) is 25.6 Å². The number of pyridine rings is 1. The molecule has 0 bridgehead atoms. The van der Waals surface area contributed by atoms with Crippen molar-refractivity contribution in [3.63, 3.8) is 0 Å². The summed E-state index contributed by atoms with van der Waals surface area (Å²) in [5, 5.41) is 6.05. The van der Waals surface area contributed by atoms with Gasteiger partial charge in [-0.1, -0.05) is 12.1 Å². The third kappa shape index (κ3) is 10.4. The number of rotatable bonds is 12. The minimum absolute atomic E-state index is 0.0183. The number of nitrogens with one attached hydrogen (secondary N) is 2. The van der Waals surface area contributed by atoms with Gasteiger partial charge in [-0.25, -0.2) is 19.7 Å². The number of aromatic nitrogens is 3. The zero-order valence-electron chi connectivity index (χ0n) is 26.6. The molecule has 3 heterocycles. The predicted molar refractivity (Wildman–Crippen MR) is 171 cm³/mol. The number of carbonyl (C=O) groups is 3. The Balaban J connectivity index is 1.29. The third-order valence-corrected chi connectivity index (χ3v) is 6.96. The molecule has 4 rings (SSSR count). The highest BCUT2D eigenvalue weighted by molar-refractivity contribution is 5.83. The molecule has 1 aliphatic rings. The van der Waals surface area contributed by atoms with E-state index in [1.165, 1.54) is 12.0 Å². The topological polar surface area (TPSA) is 142 Å². The van der Waals surface area contributed by atoms with Crippen LogP contribution in [-0.4, -0.2) is 102 Å². The van der Waals surface area contributed by atoms with Crippen LogP contribution in [0.4, 0.5) is 22.2 Å². The highest BCUT2D eigenvalue weighted by atomic mass is 16.6. The molecule has 13 nitrogen and oxygen atoms in total. The molecule has 45 heavy (non-hydrogen) atoms. The molecule has 3 aromatic rings. The summed E-state index contributed by atoms with van der Waals surface area (Å²) < 4.78 is 9.94. The van der Waals surface area contributed by atoms with Crippen LogP contribution in [0.3, 0.4) is 0 Å². The van der Waals surface area contributed by atoms with Crippen molar-refractivity contribution in [3.8, 4) is 11.3 Å². The number of amides is 2. The Hall–Kier alpha value is -4.78. The molecule has 0 unspecified atom stereocenters. The lowest BCUT2D eigenvalue weighted by molar-refractivity contribution is -0.149. The molecule has 0 aliphatic carbocycles. The maximum absolute atomic E-state index is 12.5. The van der Waals surface area contributed by atoms with Gasteiger partial charge in [0.2, 0.25) is 11.9 Å². The van der Waals surface area contributed by atoms with Crippen molar-refractivity contribution in [2.24, 2.45) is 0 Å². The monoisotopic (exact) mass is 618 g/mol. The average Bonchev–Trinajstić information content (AvgIpc) is 3.00. The Labute approximate surface area is 263 Å². The minimum atomic E-state index is -0.519. The van der Waals surface area contributed by atoms with E-state index in [4.69, 9.17) is 4.74 Å². The van der Waals surface area contributed by atoms with Gasteiger partial charge in [-0.2, -0.15) is 0 Å². The van der Waals surface area contributed by atoms with E-state index in [1.54, 1.807) is 12.4 Å². The number of ether oxygens (including phenoxy) is 2. The van der Waals surface area contributed by atoms with E-state index >= 15 is 0 Å². The Bertz CT molecular complexity index is 1460. The maximum Gasteiger partial charge on any atom is 0.407 e. The largest absolute Gasteiger partial charge is 0.468 e. The first-order valence-electron chi connectivity index (χ1n) is 14.9. The summed E-state index contributed by atoms with van der Waals surface area (Å²) in [6.45, 7) is 8.69. The standard InChI is InChI=1S/C32H42N8O5/c1-32(2,3)45-31(43)34-13-7-15-38(4)27-11-10-24(19-35-27)26-12-14-33-30(37-26)36-25-9-6-8-23(18-25)20-39-16-17-40(28(41)21-39)22-29(42)44-5/h6,8-12,14,18-19H,7,13,15-17,20-22H2,1-5H3,(H,34,43)(H,33,36,37). The number of alkyl carbamates (subject to hydrolysis) is 1. The van der Waals surface area contributed by atoms with Crippen LogP contribution in [0.2, 0.25) is 0 Å². The van der Waals surface area contributed by atoms with E-state index in [2.05, 4.69) is 35.2 Å². The molecular weight excluding hydrogens is 576 g/mol. The fourth-order valence-electron chi connectivity index (χ4n) is 4.69. The van der Waals surface area contributed by atoms with Crippen LogP contribution in [0.15, 0.2) is 54.9 Å². The molecule has 1 aliphatic heterocycles. The van der Waals surface area contributed by atoms with Crippen molar-refractivity contribution in [2.75, 3.05) is 63.6 Å². The molecule has 1 fully saturated rings. The first-order chi connectivity index (χ1) is 21.5. The van der Waals surface area contributed by atoms with Gasteiger partial charge >= 0.3 is 12.1 Å². The third-order valence-electron chi connectivity index (χ3n) is 6.96. The maximum atomic E-state index is 12.5. The minimum Gasteiger partial charge on any atom is -0.468 e. The number of hydrogen-bond acceptors (Lipinski definition) is 11. The highest BCUT2D eigenvalue weighted by Gasteiger charge is 2.25. The van der Waals surface area contributed by atoms with E-state index < -0.39 is 17.7 Å². The van der Waals surface area contributed by atoms with Gasteiger partial charge in [0.25, 0.3) is 0 Å². The number of hydrogen-bond donors (Lipinski definition) is 2. The molecule has 240 valence electrons. The lowest BCUT2D eigenvalue weighted by atomic mass is 10.1. The van der Waals surface area contributed by atoms with Crippen LogP contribution < -0.4 is 15.5 Å². The molecule has 1 saturated heterocycles. The van der Waals surface area contributed by atoms with Crippen LogP contribution >= 0.6 is 0 Å². The summed E-state index contributed by atoms with van der Waals surface area (Å²) in [5.41, 5.74) is 2.93. The predicted octanol–water partition coefficient (Wildman–Crippen LogP) is 3.45. The van der Waals surface area contributed by atoms with Crippen LogP contribution in [0.1, 0.15) is 32.8 Å². The van der Waals surface area contributed by atoms with E-state index in [1.807, 2.05) is 75.2 Å². The molecule has 0 saturated carbocycles. The Morgan fingerprint density at radius 2 is 1.91 bits per heavy atom. The number of benzene rings is 1. The van der Waals surface area contributed by atoms with Crippen molar-refractivity contribution in [1.29, 1.82) is 0 Å². The second-order valence-electron chi connectivity index (χ2n) is 11.8. The number of esters is 1. The van der Waals surface area contributed by atoms with Crippen molar-refractivity contribution in [2.45, 2.75) is 39.3 Å². The molecule has 2 amide bonds. The summed E-state index contributed by atoms with van der Waals surface area (Å²) in [5.74, 6) is 0.760. The molecule has 13 heteroatoms. The lowest BCUT2D eigenvalue weighted by Gasteiger charge is -2.33. The van der Waals surface area contributed by atoms with Crippen LogP contribution in [0.25, 0.3) is 11.3 Å². The number of anilines is 3. The summed E-state index contributed by atoms with van der Waals surface area (Å²) in [4.78, 5) is 55.1. The van der Waals surface area contributed by atoms with Gasteiger partial charge in [0, 0.05) is 63.4 Å². The van der Waals surface area contributed by atoms with Gasteiger partial charge < -0.3 is 29.9 Å². The molecule has 0 spiro atoms. The van der Waals surface area contributed by atoms with E-state index in [0.717, 1.165) is 34.7 Å². The Morgan fingerprint density at radius 1 is 1.09 bits per heavy atom. The Kier molecular flexibility index (Phi) is 11.3. The van der Waals surface area contributed by atoms with Crippen LogP contribution in [0.5, 0.6) is 0 Å². The fraction of sp³-hybridized carbons (Fsp3) is 0.438. The summed E-state index contributed by atoms with van der Waals surface area (Å²) >= 11 is 0. The second kappa shape index (κ2) is 15.3. The number of piperazine rings is 1. The molecule has 0 atom stereocenters. The SMILES string of the molecule is COC(=O)CN1CCN(Cc2cccc(Nc3nccc(-c4ccc(N(C)CCCNC(=O)OC(C)(C)C)nc4)n3)c2)CC1=O. The first kappa shape index (κ1) is 33.1. The molecule has 1 aromatic carbocycles. The highest BCUT2D eigenvalue weighted by Crippen LogP contribution is 2.22. The van der Waals surface area contributed by atoms with Gasteiger partial charge in [0.1, 0.15) is 18.0 Å². The summed E-state index contributed by atoms with van der Waals surface area (Å²) in [7, 11) is 3.28. The van der Waals surface area contributed by atoms with Gasteiger partial charge in [-0.05, 0) is 63.1 Å². The number of methoxy groups -OCH3 is 1. The van der Waals surface area contributed by atoms with Gasteiger partial charge in [-0.3, -0.25) is 14.5 Å². The zero-order chi connectivity index (χ0) is 32.4. The average molecular weight is 619 g/mol. The van der Waals surface area contributed by atoms with E-state index in [-0.39, 0.29) is 19.0 Å². The van der Waals surface area contributed by atoms with Gasteiger partial charge in [-0.15, -0.1) is 0 Å². The molecule has 2 aromatic heterocycles.